The van der Waals surface area contributed by atoms with Crippen molar-refractivity contribution in [3.63, 3.8) is 0 Å². The molecule has 110 valence electrons. The van der Waals surface area contributed by atoms with E-state index in [2.05, 4.69) is 15.9 Å². The van der Waals surface area contributed by atoms with Crippen LogP contribution in [0.3, 0.4) is 0 Å². The van der Waals surface area contributed by atoms with Gasteiger partial charge in [0.15, 0.2) is 0 Å². The van der Waals surface area contributed by atoms with Crippen LogP contribution in [0.1, 0.15) is 39.0 Å². The molecule has 0 aromatic carbocycles. The van der Waals surface area contributed by atoms with E-state index in [1.807, 2.05) is 6.92 Å². The number of rotatable bonds is 5. The van der Waals surface area contributed by atoms with Crippen LogP contribution < -0.4 is 4.72 Å². The van der Waals surface area contributed by atoms with E-state index in [-0.39, 0.29) is 10.8 Å². The Bertz CT molecular complexity index is 582. The molecule has 1 N–H and O–H groups in total. The first-order chi connectivity index (χ1) is 9.56. The number of hydrogen-bond donors (Lipinski definition) is 1. The summed E-state index contributed by atoms with van der Waals surface area (Å²) < 4.78 is 28.6. The van der Waals surface area contributed by atoms with Gasteiger partial charge < -0.3 is 0 Å². The highest BCUT2D eigenvalue weighted by Gasteiger charge is 2.28. The van der Waals surface area contributed by atoms with Gasteiger partial charge in [-0.05, 0) is 25.7 Å². The van der Waals surface area contributed by atoms with Gasteiger partial charge in [0.25, 0.3) is 0 Å². The van der Waals surface area contributed by atoms with Crippen molar-refractivity contribution in [1.29, 1.82) is 5.26 Å². The van der Waals surface area contributed by atoms with Gasteiger partial charge in [0.2, 0.25) is 10.0 Å². The van der Waals surface area contributed by atoms with Gasteiger partial charge >= 0.3 is 0 Å². The minimum absolute atomic E-state index is 0.116. The lowest BCUT2D eigenvalue weighted by atomic mass is 9.85. The Morgan fingerprint density at radius 2 is 2.20 bits per heavy atom. The predicted molar refractivity (Wildman–Crippen MR) is 74.2 cm³/mol. The Kier molecular flexibility index (Phi) is 4.78. The fourth-order valence-corrected chi connectivity index (χ4v) is 3.75. The lowest BCUT2D eigenvalue weighted by Gasteiger charge is -2.25. The van der Waals surface area contributed by atoms with Gasteiger partial charge in [-0.25, -0.2) is 8.42 Å². The van der Waals surface area contributed by atoms with Gasteiger partial charge in [-0.1, -0.05) is 19.3 Å². The van der Waals surface area contributed by atoms with Crippen LogP contribution in [0.15, 0.2) is 17.3 Å². The topological polar surface area (TPSA) is 87.8 Å². The summed E-state index contributed by atoms with van der Waals surface area (Å²) in [7, 11) is -3.67. The molecule has 1 heterocycles. The smallest absolute Gasteiger partial charge is 0.244 e. The molecule has 20 heavy (non-hydrogen) atoms. The van der Waals surface area contributed by atoms with E-state index in [0.29, 0.717) is 6.54 Å². The van der Waals surface area contributed by atoms with E-state index in [9.17, 15) is 13.7 Å². The van der Waals surface area contributed by atoms with Crippen LogP contribution in [0.2, 0.25) is 0 Å². The lowest BCUT2D eigenvalue weighted by Crippen LogP contribution is -2.39. The van der Waals surface area contributed by atoms with Gasteiger partial charge in [-0.3, -0.25) is 4.68 Å². The number of aryl methyl sites for hydroxylation is 1. The van der Waals surface area contributed by atoms with Crippen LogP contribution in [-0.4, -0.2) is 24.2 Å². The normalized spacial score (nSPS) is 18.6. The SMILES string of the molecule is CCn1cc(S(=O)(=O)N[C@H](C#N)C2CCCCC2)cn1. The van der Waals surface area contributed by atoms with E-state index in [0.717, 1.165) is 25.7 Å². The van der Waals surface area contributed by atoms with Crippen molar-refractivity contribution in [2.45, 2.75) is 56.5 Å². The molecule has 1 aliphatic rings. The third-order valence-electron chi connectivity index (χ3n) is 3.79. The van der Waals surface area contributed by atoms with Gasteiger partial charge in [0.05, 0.1) is 12.3 Å². The van der Waals surface area contributed by atoms with Crippen molar-refractivity contribution in [2.24, 2.45) is 5.92 Å². The molecule has 0 saturated heterocycles. The van der Waals surface area contributed by atoms with E-state index in [4.69, 9.17) is 0 Å². The standard InChI is InChI=1S/C13H20N4O2S/c1-2-17-10-12(9-15-17)20(18,19)16-13(8-14)11-6-4-3-5-7-11/h9-11,13,16H,2-7H2,1H3/t13-/m1/s1. The van der Waals surface area contributed by atoms with Crippen LogP contribution in [0.25, 0.3) is 0 Å². The van der Waals surface area contributed by atoms with Gasteiger partial charge in [-0.2, -0.15) is 15.1 Å². The molecule has 1 aromatic rings. The molecular weight excluding hydrogens is 276 g/mol. The van der Waals surface area contributed by atoms with E-state index in [1.165, 1.54) is 18.8 Å². The van der Waals surface area contributed by atoms with Gasteiger partial charge in [0, 0.05) is 12.7 Å². The Balaban J connectivity index is 2.11. The zero-order chi connectivity index (χ0) is 14.6. The molecule has 0 radical (unpaired) electrons. The molecule has 0 amide bonds. The molecule has 7 heteroatoms. The maximum atomic E-state index is 12.3. The zero-order valence-corrected chi connectivity index (χ0v) is 12.4. The summed E-state index contributed by atoms with van der Waals surface area (Å²) in [6.45, 7) is 2.50. The molecule has 2 rings (SSSR count). The molecule has 0 aliphatic heterocycles. The maximum Gasteiger partial charge on any atom is 0.244 e. The fraction of sp³-hybridized carbons (Fsp3) is 0.692. The molecule has 6 nitrogen and oxygen atoms in total. The first-order valence-electron chi connectivity index (χ1n) is 7.01. The number of aromatic nitrogens is 2. The van der Waals surface area contributed by atoms with Crippen molar-refractivity contribution < 1.29 is 8.42 Å². The van der Waals surface area contributed by atoms with Crippen molar-refractivity contribution >= 4 is 10.0 Å². The largest absolute Gasteiger partial charge is 0.272 e. The van der Waals surface area contributed by atoms with Crippen LogP contribution in [0.4, 0.5) is 0 Å². The van der Waals surface area contributed by atoms with Crippen LogP contribution >= 0.6 is 0 Å². The fourth-order valence-electron chi connectivity index (χ4n) is 2.59. The second-order valence-corrected chi connectivity index (χ2v) is 6.87. The average Bonchev–Trinajstić information content (AvgIpc) is 2.95. The van der Waals surface area contributed by atoms with Crippen LogP contribution in [-0.2, 0) is 16.6 Å². The monoisotopic (exact) mass is 296 g/mol. The first-order valence-corrected chi connectivity index (χ1v) is 8.49. The molecular formula is C13H20N4O2S. The summed E-state index contributed by atoms with van der Waals surface area (Å²) in [6, 6.07) is 1.45. The van der Waals surface area contributed by atoms with E-state index >= 15 is 0 Å². The summed E-state index contributed by atoms with van der Waals surface area (Å²) in [5.41, 5.74) is 0. The van der Waals surface area contributed by atoms with Crippen molar-refractivity contribution in [2.75, 3.05) is 0 Å². The van der Waals surface area contributed by atoms with Gasteiger partial charge in [0.1, 0.15) is 10.9 Å². The second-order valence-electron chi connectivity index (χ2n) is 5.16. The molecule has 1 aromatic heterocycles. The Hall–Kier alpha value is -1.39. The van der Waals surface area contributed by atoms with Crippen molar-refractivity contribution in [3.8, 4) is 6.07 Å². The quantitative estimate of drug-likeness (QED) is 0.895. The molecule has 1 atom stereocenters. The summed E-state index contributed by atoms with van der Waals surface area (Å²) in [6.07, 6.45) is 7.93. The summed E-state index contributed by atoms with van der Waals surface area (Å²) >= 11 is 0. The predicted octanol–water partition coefficient (Wildman–Crippen LogP) is 1.65. The third kappa shape index (κ3) is 3.38. The highest BCUT2D eigenvalue weighted by molar-refractivity contribution is 7.89. The molecule has 1 aliphatic carbocycles. The Morgan fingerprint density at radius 1 is 1.50 bits per heavy atom. The third-order valence-corrected chi connectivity index (χ3v) is 5.18. The zero-order valence-electron chi connectivity index (χ0n) is 11.6. The molecule has 1 saturated carbocycles. The first kappa shape index (κ1) is 15.0. The maximum absolute atomic E-state index is 12.3. The number of hydrogen-bond acceptors (Lipinski definition) is 4. The minimum atomic E-state index is -3.67. The Labute approximate surface area is 119 Å². The number of sulfonamides is 1. The molecule has 0 unspecified atom stereocenters. The van der Waals surface area contributed by atoms with E-state index in [1.54, 1.807) is 4.68 Å². The number of nitrogens with one attached hydrogen (secondary N) is 1. The summed E-state index contributed by atoms with van der Waals surface area (Å²) in [4.78, 5) is 0.121. The summed E-state index contributed by atoms with van der Waals surface area (Å²) in [5, 5.41) is 13.2. The Morgan fingerprint density at radius 3 is 2.75 bits per heavy atom. The molecule has 0 spiro atoms. The van der Waals surface area contributed by atoms with Gasteiger partial charge in [-0.15, -0.1) is 0 Å². The van der Waals surface area contributed by atoms with Crippen LogP contribution in [0.5, 0.6) is 0 Å². The lowest BCUT2D eigenvalue weighted by molar-refractivity contribution is 0.324. The highest BCUT2D eigenvalue weighted by Crippen LogP contribution is 2.27. The summed E-state index contributed by atoms with van der Waals surface area (Å²) in [5.74, 6) is 0.116. The minimum Gasteiger partial charge on any atom is -0.272 e. The average molecular weight is 296 g/mol. The number of nitriles is 1. The highest BCUT2D eigenvalue weighted by atomic mass is 32.2. The second kappa shape index (κ2) is 6.37. The van der Waals surface area contributed by atoms with E-state index < -0.39 is 16.1 Å². The van der Waals surface area contributed by atoms with Crippen molar-refractivity contribution in [1.82, 2.24) is 14.5 Å². The van der Waals surface area contributed by atoms with Crippen molar-refractivity contribution in [3.05, 3.63) is 12.4 Å². The van der Waals surface area contributed by atoms with Crippen LogP contribution in [0, 0.1) is 17.2 Å². The molecule has 0 bridgehead atoms. The molecule has 1 fully saturated rings. The number of nitrogens with zero attached hydrogens (tertiary/aromatic N) is 3.